The summed E-state index contributed by atoms with van der Waals surface area (Å²) in [5.41, 5.74) is 0.968. The van der Waals surface area contributed by atoms with Crippen LogP contribution in [0.1, 0.15) is 10.4 Å². The van der Waals surface area contributed by atoms with Crippen LogP contribution in [0.3, 0.4) is 0 Å². The second kappa shape index (κ2) is 4.85. The molecule has 2 rings (SSSR count). The SMILES string of the molecule is Cn1cc(NC(=O)c2ccc(S(C)(=O)=O)cc2)cn1. The quantitative estimate of drug-likeness (QED) is 0.911. The van der Waals surface area contributed by atoms with Crippen molar-refractivity contribution >= 4 is 21.4 Å². The number of sulfone groups is 1. The van der Waals surface area contributed by atoms with Gasteiger partial charge >= 0.3 is 0 Å². The third kappa shape index (κ3) is 3.19. The smallest absolute Gasteiger partial charge is 0.255 e. The molecule has 0 aliphatic carbocycles. The summed E-state index contributed by atoms with van der Waals surface area (Å²) in [5.74, 6) is -0.312. The van der Waals surface area contributed by atoms with Gasteiger partial charge in [-0.05, 0) is 24.3 Å². The van der Waals surface area contributed by atoms with E-state index in [0.29, 0.717) is 11.3 Å². The van der Waals surface area contributed by atoms with E-state index in [0.717, 1.165) is 6.26 Å². The number of carbonyl (C=O) groups excluding carboxylic acids is 1. The number of rotatable bonds is 3. The molecule has 0 fully saturated rings. The van der Waals surface area contributed by atoms with Crippen molar-refractivity contribution in [3.63, 3.8) is 0 Å². The Morgan fingerprint density at radius 2 is 1.89 bits per heavy atom. The number of hydrogen-bond acceptors (Lipinski definition) is 4. The highest BCUT2D eigenvalue weighted by Gasteiger charge is 2.10. The predicted molar refractivity (Wildman–Crippen MR) is 70.7 cm³/mol. The minimum atomic E-state index is -3.25. The molecule has 2 aromatic rings. The van der Waals surface area contributed by atoms with Crippen LogP contribution in [0.5, 0.6) is 0 Å². The number of benzene rings is 1. The molecule has 0 aliphatic heterocycles. The van der Waals surface area contributed by atoms with Crippen LogP contribution in [0.15, 0.2) is 41.6 Å². The third-order valence-corrected chi connectivity index (χ3v) is 3.64. The van der Waals surface area contributed by atoms with Crippen molar-refractivity contribution in [2.75, 3.05) is 11.6 Å². The van der Waals surface area contributed by atoms with Gasteiger partial charge in [-0.1, -0.05) is 0 Å². The summed E-state index contributed by atoms with van der Waals surface area (Å²) in [6.07, 6.45) is 4.32. The molecule has 1 N–H and O–H groups in total. The van der Waals surface area contributed by atoms with Gasteiger partial charge in [-0.2, -0.15) is 5.10 Å². The number of nitrogens with zero attached hydrogens (tertiary/aromatic N) is 2. The second-order valence-electron chi connectivity index (χ2n) is 4.15. The standard InChI is InChI=1S/C12H13N3O3S/c1-15-8-10(7-13-15)14-12(16)9-3-5-11(6-4-9)19(2,17)18/h3-8H,1-2H3,(H,14,16). The van der Waals surface area contributed by atoms with Crippen LogP contribution in [0.25, 0.3) is 0 Å². The normalized spacial score (nSPS) is 11.3. The van der Waals surface area contributed by atoms with Gasteiger partial charge in [-0.25, -0.2) is 8.42 Å². The molecule has 1 amide bonds. The van der Waals surface area contributed by atoms with Crippen molar-refractivity contribution < 1.29 is 13.2 Å². The highest BCUT2D eigenvalue weighted by molar-refractivity contribution is 7.90. The first-order valence-electron chi connectivity index (χ1n) is 5.46. The van der Waals surface area contributed by atoms with Gasteiger partial charge in [0.1, 0.15) is 0 Å². The highest BCUT2D eigenvalue weighted by atomic mass is 32.2. The Kier molecular flexibility index (Phi) is 3.39. The van der Waals surface area contributed by atoms with E-state index in [9.17, 15) is 13.2 Å². The van der Waals surface area contributed by atoms with Crippen LogP contribution in [0, 0.1) is 0 Å². The van der Waals surface area contributed by atoms with Crippen molar-refractivity contribution in [3.05, 3.63) is 42.2 Å². The van der Waals surface area contributed by atoms with Crippen LogP contribution in [-0.4, -0.2) is 30.4 Å². The van der Waals surface area contributed by atoms with Crippen molar-refractivity contribution in [3.8, 4) is 0 Å². The first kappa shape index (κ1) is 13.3. The first-order chi connectivity index (χ1) is 8.86. The maximum atomic E-state index is 11.9. The lowest BCUT2D eigenvalue weighted by Crippen LogP contribution is -2.11. The van der Waals surface area contributed by atoms with Gasteiger partial charge in [-0.3, -0.25) is 9.48 Å². The van der Waals surface area contributed by atoms with E-state index in [1.54, 1.807) is 17.9 Å². The van der Waals surface area contributed by atoms with Gasteiger partial charge in [0.15, 0.2) is 9.84 Å². The van der Waals surface area contributed by atoms with E-state index in [1.165, 1.54) is 30.5 Å². The molecule has 100 valence electrons. The zero-order chi connectivity index (χ0) is 14.0. The van der Waals surface area contributed by atoms with Crippen molar-refractivity contribution in [1.82, 2.24) is 9.78 Å². The van der Waals surface area contributed by atoms with Gasteiger partial charge < -0.3 is 5.32 Å². The monoisotopic (exact) mass is 279 g/mol. The third-order valence-electron chi connectivity index (χ3n) is 2.51. The minimum Gasteiger partial charge on any atom is -0.319 e. The van der Waals surface area contributed by atoms with E-state index >= 15 is 0 Å². The Bertz CT molecular complexity index is 702. The van der Waals surface area contributed by atoms with Crippen molar-refractivity contribution in [1.29, 1.82) is 0 Å². The van der Waals surface area contributed by atoms with E-state index < -0.39 is 9.84 Å². The summed E-state index contributed by atoms with van der Waals surface area (Å²) >= 11 is 0. The number of hydrogen-bond donors (Lipinski definition) is 1. The molecule has 0 spiro atoms. The molecule has 7 heteroatoms. The molecule has 1 aromatic heterocycles. The Balaban J connectivity index is 2.16. The molecule has 6 nitrogen and oxygen atoms in total. The van der Waals surface area contributed by atoms with Gasteiger partial charge in [0, 0.05) is 25.1 Å². The zero-order valence-corrected chi connectivity index (χ0v) is 11.3. The molecule has 0 unspecified atom stereocenters. The molecule has 0 radical (unpaired) electrons. The predicted octanol–water partition coefficient (Wildman–Crippen LogP) is 1.08. The topological polar surface area (TPSA) is 81.1 Å². The van der Waals surface area contributed by atoms with Crippen molar-refractivity contribution in [2.24, 2.45) is 7.05 Å². The summed E-state index contributed by atoms with van der Waals surface area (Å²) in [4.78, 5) is 12.1. The number of carbonyl (C=O) groups is 1. The lowest BCUT2D eigenvalue weighted by atomic mass is 10.2. The molecule has 0 saturated carbocycles. The lowest BCUT2D eigenvalue weighted by molar-refractivity contribution is 0.102. The van der Waals surface area contributed by atoms with E-state index in [2.05, 4.69) is 10.4 Å². The fourth-order valence-corrected chi connectivity index (χ4v) is 2.17. The second-order valence-corrected chi connectivity index (χ2v) is 6.17. The summed E-state index contributed by atoms with van der Waals surface area (Å²) in [6, 6.07) is 5.77. The van der Waals surface area contributed by atoms with Crippen LogP contribution in [-0.2, 0) is 16.9 Å². The van der Waals surface area contributed by atoms with Gasteiger partial charge in [0.2, 0.25) is 0 Å². The largest absolute Gasteiger partial charge is 0.319 e. The van der Waals surface area contributed by atoms with Crippen LogP contribution >= 0.6 is 0 Å². The lowest BCUT2D eigenvalue weighted by Gasteiger charge is -2.03. The molecule has 0 saturated heterocycles. The van der Waals surface area contributed by atoms with Crippen molar-refractivity contribution in [2.45, 2.75) is 4.90 Å². The molecule has 0 atom stereocenters. The summed E-state index contributed by atoms with van der Waals surface area (Å²) in [6.45, 7) is 0. The van der Waals surface area contributed by atoms with Gasteiger partial charge in [0.25, 0.3) is 5.91 Å². The van der Waals surface area contributed by atoms with Crippen LogP contribution < -0.4 is 5.32 Å². The Morgan fingerprint density at radius 1 is 1.26 bits per heavy atom. The van der Waals surface area contributed by atoms with E-state index in [4.69, 9.17) is 0 Å². The molecule has 0 bridgehead atoms. The Hall–Kier alpha value is -2.15. The van der Waals surface area contributed by atoms with Crippen LogP contribution in [0.2, 0.25) is 0 Å². The number of amides is 1. The summed E-state index contributed by atoms with van der Waals surface area (Å²) in [7, 11) is -1.50. The molecular formula is C12H13N3O3S. The summed E-state index contributed by atoms with van der Waals surface area (Å²) < 4.78 is 24.2. The van der Waals surface area contributed by atoms with E-state index in [1.807, 2.05) is 0 Å². The fraction of sp³-hybridized carbons (Fsp3) is 0.167. The van der Waals surface area contributed by atoms with Gasteiger partial charge in [-0.15, -0.1) is 0 Å². The maximum Gasteiger partial charge on any atom is 0.255 e. The molecule has 1 aromatic carbocycles. The summed E-state index contributed by atoms with van der Waals surface area (Å²) in [5, 5.41) is 6.60. The fourth-order valence-electron chi connectivity index (χ4n) is 1.54. The zero-order valence-electron chi connectivity index (χ0n) is 10.5. The molecule has 1 heterocycles. The number of aryl methyl sites for hydroxylation is 1. The van der Waals surface area contributed by atoms with E-state index in [-0.39, 0.29) is 10.8 Å². The highest BCUT2D eigenvalue weighted by Crippen LogP contribution is 2.12. The first-order valence-corrected chi connectivity index (χ1v) is 7.35. The average molecular weight is 279 g/mol. The molecular weight excluding hydrogens is 266 g/mol. The number of nitrogens with one attached hydrogen (secondary N) is 1. The average Bonchev–Trinajstić information content (AvgIpc) is 2.74. The van der Waals surface area contributed by atoms with Crippen LogP contribution in [0.4, 0.5) is 5.69 Å². The molecule has 0 aliphatic rings. The maximum absolute atomic E-state index is 11.9. The number of anilines is 1. The Labute approximate surface area is 111 Å². The number of aromatic nitrogens is 2. The molecule has 19 heavy (non-hydrogen) atoms. The Morgan fingerprint density at radius 3 is 2.37 bits per heavy atom. The minimum absolute atomic E-state index is 0.186. The van der Waals surface area contributed by atoms with Gasteiger partial charge in [0.05, 0.1) is 16.8 Å².